The van der Waals surface area contributed by atoms with E-state index >= 15 is 0 Å². The number of likely N-dealkylation sites (tertiary alicyclic amines) is 1. The van der Waals surface area contributed by atoms with Crippen molar-refractivity contribution in [1.29, 1.82) is 0 Å². The Bertz CT molecular complexity index is 567. The predicted octanol–water partition coefficient (Wildman–Crippen LogP) is 3.40. The van der Waals surface area contributed by atoms with Gasteiger partial charge in [0, 0.05) is 50.6 Å². The second-order valence-corrected chi connectivity index (χ2v) is 7.19. The van der Waals surface area contributed by atoms with Gasteiger partial charge in [-0.05, 0) is 56.4 Å². The van der Waals surface area contributed by atoms with E-state index in [0.29, 0.717) is 12.6 Å². The number of nitrogens with zero attached hydrogens (tertiary/aromatic N) is 2. The fraction of sp³-hybridized carbons (Fsp3) is 0.650. The molecule has 0 spiro atoms. The summed E-state index contributed by atoms with van der Waals surface area (Å²) in [7, 11) is 0. The molecule has 3 rings (SSSR count). The van der Waals surface area contributed by atoms with Gasteiger partial charge in [-0.25, -0.2) is 9.18 Å². The first kappa shape index (κ1) is 19.1. The highest BCUT2D eigenvalue weighted by atomic mass is 19.1. The number of amides is 2. The zero-order valence-electron chi connectivity index (χ0n) is 15.6. The molecule has 2 heterocycles. The molecule has 0 saturated carbocycles. The number of urea groups is 1. The quantitative estimate of drug-likeness (QED) is 0.872. The van der Waals surface area contributed by atoms with Gasteiger partial charge < -0.3 is 15.0 Å². The predicted molar refractivity (Wildman–Crippen MR) is 101 cm³/mol. The number of benzene rings is 1. The minimum atomic E-state index is -0.281. The van der Waals surface area contributed by atoms with Crippen LogP contribution in [0.4, 0.5) is 14.9 Å². The Balaban J connectivity index is 1.67. The molecule has 1 aromatic carbocycles. The molecule has 0 bridgehead atoms. The van der Waals surface area contributed by atoms with Crippen LogP contribution in [0.5, 0.6) is 0 Å². The van der Waals surface area contributed by atoms with Crippen LogP contribution in [0, 0.1) is 5.82 Å². The maximum Gasteiger partial charge on any atom is 0.322 e. The molecule has 5 nitrogen and oxygen atoms in total. The molecule has 1 N–H and O–H groups in total. The summed E-state index contributed by atoms with van der Waals surface area (Å²) in [6.07, 6.45) is 4.97. The van der Waals surface area contributed by atoms with Crippen LogP contribution in [0.25, 0.3) is 0 Å². The number of piperidine rings is 1. The minimum Gasteiger partial charge on any atom is -0.381 e. The van der Waals surface area contributed by atoms with Crippen molar-refractivity contribution in [3.05, 3.63) is 30.1 Å². The topological polar surface area (TPSA) is 44.8 Å². The molecular weight excluding hydrogens is 333 g/mol. The average molecular weight is 363 g/mol. The molecule has 144 valence electrons. The lowest BCUT2D eigenvalue weighted by Crippen LogP contribution is -2.53. The van der Waals surface area contributed by atoms with E-state index in [1.165, 1.54) is 12.1 Å². The molecule has 2 aliphatic heterocycles. The standard InChI is InChI=1S/C20H30FN3O2/c1-2-11-22-20(25)24(18-5-3-16(21)4-6-18)19-7-12-23(13-8-19)17-9-14-26-15-10-17/h3-6,17,19H,2,7-15H2,1H3,(H,22,25). The molecule has 2 saturated heterocycles. The molecule has 0 radical (unpaired) electrons. The van der Waals surface area contributed by atoms with E-state index in [0.717, 1.165) is 64.1 Å². The van der Waals surface area contributed by atoms with Crippen LogP contribution >= 0.6 is 0 Å². The first-order chi connectivity index (χ1) is 12.7. The smallest absolute Gasteiger partial charge is 0.322 e. The summed E-state index contributed by atoms with van der Waals surface area (Å²) in [5.41, 5.74) is 0.768. The van der Waals surface area contributed by atoms with Gasteiger partial charge in [-0.2, -0.15) is 0 Å². The Kier molecular flexibility index (Phi) is 6.86. The van der Waals surface area contributed by atoms with E-state index < -0.39 is 0 Å². The van der Waals surface area contributed by atoms with Crippen LogP contribution < -0.4 is 10.2 Å². The van der Waals surface area contributed by atoms with Gasteiger partial charge in [-0.15, -0.1) is 0 Å². The van der Waals surface area contributed by atoms with Crippen molar-refractivity contribution in [2.45, 2.75) is 51.1 Å². The number of rotatable bonds is 5. The second-order valence-electron chi connectivity index (χ2n) is 7.19. The SMILES string of the molecule is CCCNC(=O)N(c1ccc(F)cc1)C1CCN(C2CCOCC2)CC1. The van der Waals surface area contributed by atoms with Gasteiger partial charge in [0.1, 0.15) is 5.82 Å². The van der Waals surface area contributed by atoms with E-state index in [4.69, 9.17) is 4.74 Å². The summed E-state index contributed by atoms with van der Waals surface area (Å²) >= 11 is 0. The Morgan fingerprint density at radius 3 is 2.46 bits per heavy atom. The summed E-state index contributed by atoms with van der Waals surface area (Å²) in [6, 6.07) is 6.92. The van der Waals surface area contributed by atoms with Crippen LogP contribution in [-0.2, 0) is 4.74 Å². The summed E-state index contributed by atoms with van der Waals surface area (Å²) in [6.45, 7) is 6.38. The van der Waals surface area contributed by atoms with Crippen molar-refractivity contribution in [2.75, 3.05) is 37.7 Å². The van der Waals surface area contributed by atoms with Crippen LogP contribution in [0.2, 0.25) is 0 Å². The number of ether oxygens (including phenoxy) is 1. The fourth-order valence-electron chi connectivity index (χ4n) is 3.97. The molecule has 1 aromatic rings. The Hall–Kier alpha value is -1.66. The highest BCUT2D eigenvalue weighted by Gasteiger charge is 2.32. The number of nitrogens with one attached hydrogen (secondary N) is 1. The van der Waals surface area contributed by atoms with Gasteiger partial charge in [0.2, 0.25) is 0 Å². The van der Waals surface area contributed by atoms with E-state index in [1.54, 1.807) is 12.1 Å². The maximum absolute atomic E-state index is 13.3. The van der Waals surface area contributed by atoms with Crippen molar-refractivity contribution in [1.82, 2.24) is 10.2 Å². The third-order valence-corrected chi connectivity index (χ3v) is 5.42. The first-order valence-electron chi connectivity index (χ1n) is 9.83. The van der Waals surface area contributed by atoms with Crippen molar-refractivity contribution in [2.24, 2.45) is 0 Å². The third-order valence-electron chi connectivity index (χ3n) is 5.42. The molecule has 2 fully saturated rings. The Labute approximate surface area is 155 Å². The van der Waals surface area contributed by atoms with Crippen LogP contribution in [0.3, 0.4) is 0 Å². The number of hydrogen-bond donors (Lipinski definition) is 1. The van der Waals surface area contributed by atoms with Crippen molar-refractivity contribution in [3.63, 3.8) is 0 Å². The summed E-state index contributed by atoms with van der Waals surface area (Å²) in [5.74, 6) is -0.281. The normalized spacial score (nSPS) is 20.1. The first-order valence-corrected chi connectivity index (χ1v) is 9.83. The lowest BCUT2D eigenvalue weighted by atomic mass is 9.98. The summed E-state index contributed by atoms with van der Waals surface area (Å²) < 4.78 is 18.8. The van der Waals surface area contributed by atoms with Gasteiger partial charge in [0.05, 0.1) is 0 Å². The minimum absolute atomic E-state index is 0.0806. The monoisotopic (exact) mass is 363 g/mol. The van der Waals surface area contributed by atoms with E-state index in [9.17, 15) is 9.18 Å². The molecule has 26 heavy (non-hydrogen) atoms. The van der Waals surface area contributed by atoms with Crippen molar-refractivity contribution < 1.29 is 13.9 Å². The Morgan fingerprint density at radius 1 is 1.19 bits per heavy atom. The van der Waals surface area contributed by atoms with E-state index in [2.05, 4.69) is 10.2 Å². The largest absolute Gasteiger partial charge is 0.381 e. The van der Waals surface area contributed by atoms with Crippen LogP contribution in [0.1, 0.15) is 39.0 Å². The lowest BCUT2D eigenvalue weighted by molar-refractivity contribution is 0.0254. The molecule has 0 atom stereocenters. The number of halogens is 1. The molecule has 0 aliphatic carbocycles. The maximum atomic E-state index is 13.3. The highest BCUT2D eigenvalue weighted by molar-refractivity contribution is 5.92. The lowest BCUT2D eigenvalue weighted by Gasteiger charge is -2.42. The van der Waals surface area contributed by atoms with E-state index in [-0.39, 0.29) is 17.9 Å². The molecule has 6 heteroatoms. The molecule has 2 aliphatic rings. The number of anilines is 1. The van der Waals surface area contributed by atoms with Crippen molar-refractivity contribution in [3.8, 4) is 0 Å². The van der Waals surface area contributed by atoms with Gasteiger partial charge in [-0.1, -0.05) is 6.92 Å². The zero-order chi connectivity index (χ0) is 18.4. The Morgan fingerprint density at radius 2 is 1.85 bits per heavy atom. The van der Waals surface area contributed by atoms with Gasteiger partial charge >= 0.3 is 6.03 Å². The van der Waals surface area contributed by atoms with Gasteiger partial charge in [-0.3, -0.25) is 4.90 Å². The zero-order valence-corrected chi connectivity index (χ0v) is 15.6. The summed E-state index contributed by atoms with van der Waals surface area (Å²) in [4.78, 5) is 17.1. The number of carbonyl (C=O) groups is 1. The second kappa shape index (κ2) is 9.33. The van der Waals surface area contributed by atoms with Crippen molar-refractivity contribution >= 4 is 11.7 Å². The molecule has 0 unspecified atom stereocenters. The molecule has 0 aromatic heterocycles. The van der Waals surface area contributed by atoms with E-state index in [1.807, 2.05) is 11.8 Å². The summed E-state index contributed by atoms with van der Waals surface area (Å²) in [5, 5.41) is 2.98. The molecular formula is C20H30FN3O2. The fourth-order valence-corrected chi connectivity index (χ4v) is 3.97. The van der Waals surface area contributed by atoms with Gasteiger partial charge in [0.25, 0.3) is 0 Å². The van der Waals surface area contributed by atoms with Crippen LogP contribution in [0.15, 0.2) is 24.3 Å². The molecule has 2 amide bonds. The van der Waals surface area contributed by atoms with Gasteiger partial charge in [0.15, 0.2) is 0 Å². The number of carbonyl (C=O) groups excluding carboxylic acids is 1. The number of hydrogen-bond acceptors (Lipinski definition) is 3. The third kappa shape index (κ3) is 4.74. The average Bonchev–Trinajstić information content (AvgIpc) is 2.69. The van der Waals surface area contributed by atoms with Crippen LogP contribution in [-0.4, -0.2) is 55.9 Å². The highest BCUT2D eigenvalue weighted by Crippen LogP contribution is 2.27.